The number of hydrogen-bond acceptors (Lipinski definition) is 6. The van der Waals surface area contributed by atoms with Crippen LogP contribution in [0.4, 0.5) is 15.9 Å². The van der Waals surface area contributed by atoms with Gasteiger partial charge in [0.25, 0.3) is 0 Å². The van der Waals surface area contributed by atoms with Gasteiger partial charge in [0.2, 0.25) is 0 Å². The highest BCUT2D eigenvalue weighted by atomic mass is 19.1. The molecule has 152 valence electrons. The van der Waals surface area contributed by atoms with Gasteiger partial charge in [0.15, 0.2) is 11.6 Å². The van der Waals surface area contributed by atoms with Gasteiger partial charge in [-0.1, -0.05) is 6.07 Å². The van der Waals surface area contributed by atoms with Crippen LogP contribution in [0, 0.1) is 17.1 Å². The molecule has 2 aliphatic rings. The molecular weight excluding hydrogens is 393 g/mol. The molecule has 1 N–H and O–H groups in total. The summed E-state index contributed by atoms with van der Waals surface area (Å²) in [7, 11) is 0. The van der Waals surface area contributed by atoms with Crippen LogP contribution in [-0.4, -0.2) is 45.1 Å². The Morgan fingerprint density at radius 3 is 2.77 bits per heavy atom. The Kier molecular flexibility index (Phi) is 3.90. The zero-order chi connectivity index (χ0) is 20.9. The van der Waals surface area contributed by atoms with Crippen molar-refractivity contribution in [3.05, 3.63) is 66.4 Å². The Bertz CT molecular complexity index is 1340. The van der Waals surface area contributed by atoms with Crippen LogP contribution >= 0.6 is 0 Å². The third-order valence-corrected chi connectivity index (χ3v) is 6.24. The van der Waals surface area contributed by atoms with E-state index in [-0.39, 0.29) is 17.9 Å². The van der Waals surface area contributed by atoms with Gasteiger partial charge in [0, 0.05) is 48.2 Å². The van der Waals surface area contributed by atoms with Gasteiger partial charge in [-0.25, -0.2) is 19.3 Å². The second-order valence-corrected chi connectivity index (χ2v) is 7.97. The fraction of sp³-hybridized carbons (Fsp3) is 0.217. The standard InChI is InChI=1S/C23H18FN7/c24-15-2-1-3-16(8-15)30-12-18-9-17(30)13-31(18)23-14(10-25)11-28-22(29-23)20-5-7-27-21-19(20)4-6-26-21/h1-8,11,17-18H,9,12-13H2,(H,26,27)/t17-,18+/m0/s1. The van der Waals surface area contributed by atoms with Crippen molar-refractivity contribution in [2.45, 2.75) is 18.5 Å². The van der Waals surface area contributed by atoms with E-state index in [1.165, 1.54) is 6.07 Å². The monoisotopic (exact) mass is 411 g/mol. The molecule has 6 rings (SSSR count). The highest BCUT2D eigenvalue weighted by Crippen LogP contribution is 2.38. The summed E-state index contributed by atoms with van der Waals surface area (Å²) >= 11 is 0. The first-order valence-corrected chi connectivity index (χ1v) is 10.2. The minimum Gasteiger partial charge on any atom is -0.365 e. The number of nitrogens with zero attached hydrogens (tertiary/aromatic N) is 6. The van der Waals surface area contributed by atoms with Crippen LogP contribution in [0.15, 0.2) is 55.0 Å². The normalized spacial score (nSPS) is 19.9. The van der Waals surface area contributed by atoms with Gasteiger partial charge in [0.1, 0.15) is 23.1 Å². The first kappa shape index (κ1) is 17.8. The molecule has 31 heavy (non-hydrogen) atoms. The number of benzene rings is 1. The van der Waals surface area contributed by atoms with Crippen LogP contribution in [0.25, 0.3) is 22.4 Å². The number of nitrogens with one attached hydrogen (secondary N) is 1. The molecule has 0 saturated carbocycles. The Hall–Kier alpha value is -3.99. The van der Waals surface area contributed by atoms with Crippen molar-refractivity contribution in [3.63, 3.8) is 0 Å². The molecule has 2 bridgehead atoms. The summed E-state index contributed by atoms with van der Waals surface area (Å²) < 4.78 is 13.7. The lowest BCUT2D eigenvalue weighted by molar-refractivity contribution is 0.617. The molecule has 2 saturated heterocycles. The van der Waals surface area contributed by atoms with Crippen molar-refractivity contribution >= 4 is 22.5 Å². The summed E-state index contributed by atoms with van der Waals surface area (Å²) in [6.45, 7) is 1.51. The van der Waals surface area contributed by atoms with Crippen LogP contribution in [0.3, 0.4) is 0 Å². The number of fused-ring (bicyclic) bond motifs is 3. The molecular formula is C23H18FN7. The molecule has 1 aromatic carbocycles. The predicted molar refractivity (Wildman–Crippen MR) is 115 cm³/mol. The second-order valence-electron chi connectivity index (χ2n) is 7.97. The molecule has 0 radical (unpaired) electrons. The number of H-pyrrole nitrogens is 1. The Morgan fingerprint density at radius 2 is 1.97 bits per heavy atom. The van der Waals surface area contributed by atoms with Gasteiger partial charge in [-0.2, -0.15) is 5.26 Å². The lowest BCUT2D eigenvalue weighted by Crippen LogP contribution is -2.47. The number of aromatic amines is 1. The summed E-state index contributed by atoms with van der Waals surface area (Å²) in [4.78, 5) is 21.2. The van der Waals surface area contributed by atoms with Crippen LogP contribution < -0.4 is 9.80 Å². The van der Waals surface area contributed by atoms with E-state index in [0.717, 1.165) is 41.8 Å². The average Bonchev–Trinajstić information content (AvgIpc) is 3.54. The lowest BCUT2D eigenvalue weighted by atomic mass is 10.1. The molecule has 3 aromatic heterocycles. The number of rotatable bonds is 3. The van der Waals surface area contributed by atoms with E-state index >= 15 is 0 Å². The van der Waals surface area contributed by atoms with Crippen LogP contribution in [0.1, 0.15) is 12.0 Å². The van der Waals surface area contributed by atoms with Gasteiger partial charge in [0.05, 0.1) is 12.2 Å². The van der Waals surface area contributed by atoms with E-state index in [0.29, 0.717) is 17.2 Å². The van der Waals surface area contributed by atoms with Crippen molar-refractivity contribution in [2.75, 3.05) is 22.9 Å². The van der Waals surface area contributed by atoms with Crippen molar-refractivity contribution in [1.29, 1.82) is 5.26 Å². The molecule has 8 heteroatoms. The summed E-state index contributed by atoms with van der Waals surface area (Å²) in [5, 5.41) is 10.6. The van der Waals surface area contributed by atoms with Crippen molar-refractivity contribution in [1.82, 2.24) is 19.9 Å². The van der Waals surface area contributed by atoms with Gasteiger partial charge >= 0.3 is 0 Å². The van der Waals surface area contributed by atoms with Gasteiger partial charge < -0.3 is 14.8 Å². The van der Waals surface area contributed by atoms with E-state index in [2.05, 4.69) is 30.8 Å². The van der Waals surface area contributed by atoms with E-state index in [1.54, 1.807) is 24.5 Å². The average molecular weight is 411 g/mol. The molecule has 7 nitrogen and oxygen atoms in total. The number of halogens is 1. The first-order valence-electron chi connectivity index (χ1n) is 10.2. The van der Waals surface area contributed by atoms with E-state index in [9.17, 15) is 9.65 Å². The van der Waals surface area contributed by atoms with E-state index in [4.69, 9.17) is 4.98 Å². The number of nitriles is 1. The number of hydrogen-bond donors (Lipinski definition) is 1. The third-order valence-electron chi connectivity index (χ3n) is 6.24. The zero-order valence-electron chi connectivity index (χ0n) is 16.5. The largest absolute Gasteiger partial charge is 0.365 e. The molecule has 4 aromatic rings. The Morgan fingerprint density at radius 1 is 1.10 bits per heavy atom. The van der Waals surface area contributed by atoms with Crippen molar-refractivity contribution < 1.29 is 4.39 Å². The minimum absolute atomic E-state index is 0.216. The molecule has 0 amide bonds. The highest BCUT2D eigenvalue weighted by molar-refractivity contribution is 5.91. The fourth-order valence-electron chi connectivity index (χ4n) is 4.85. The quantitative estimate of drug-likeness (QED) is 0.556. The molecule has 0 unspecified atom stereocenters. The Labute approximate surface area is 177 Å². The number of anilines is 2. The zero-order valence-corrected chi connectivity index (χ0v) is 16.5. The SMILES string of the molecule is N#Cc1cnc(-c2ccnc3[nH]ccc23)nc1N1C[C@@H]2C[C@@H]1CN2c1cccc(F)c1. The molecule has 2 aliphatic heterocycles. The summed E-state index contributed by atoms with van der Waals surface area (Å²) in [5.41, 5.74) is 3.02. The van der Waals surface area contributed by atoms with Crippen LogP contribution in [0.2, 0.25) is 0 Å². The smallest absolute Gasteiger partial charge is 0.162 e. The molecule has 2 atom stereocenters. The maximum Gasteiger partial charge on any atom is 0.162 e. The second kappa shape index (κ2) is 6.77. The highest BCUT2D eigenvalue weighted by Gasteiger charge is 2.44. The Balaban J connectivity index is 1.35. The van der Waals surface area contributed by atoms with Gasteiger partial charge in [-0.3, -0.25) is 0 Å². The van der Waals surface area contributed by atoms with Crippen LogP contribution in [-0.2, 0) is 0 Å². The maximum atomic E-state index is 13.7. The number of pyridine rings is 1. The molecule has 0 aliphatic carbocycles. The first-order chi connectivity index (χ1) is 15.2. The van der Waals surface area contributed by atoms with E-state index < -0.39 is 0 Å². The summed E-state index contributed by atoms with van der Waals surface area (Å²) in [5.74, 6) is 1.02. The topological polar surface area (TPSA) is 84.7 Å². The lowest BCUT2D eigenvalue weighted by Gasteiger charge is -2.36. The third kappa shape index (κ3) is 2.81. The fourth-order valence-corrected chi connectivity index (χ4v) is 4.85. The summed E-state index contributed by atoms with van der Waals surface area (Å²) in [6.07, 6.45) is 6.13. The van der Waals surface area contributed by atoms with Gasteiger partial charge in [-0.15, -0.1) is 0 Å². The molecule has 0 spiro atoms. The summed E-state index contributed by atoms with van der Waals surface area (Å²) in [6, 6.07) is 13.3. The molecule has 5 heterocycles. The minimum atomic E-state index is -0.224. The van der Waals surface area contributed by atoms with Crippen molar-refractivity contribution in [3.8, 4) is 17.5 Å². The maximum absolute atomic E-state index is 13.7. The molecule has 2 fully saturated rings. The number of aromatic nitrogens is 4. The number of piperazine rings is 1. The van der Waals surface area contributed by atoms with Crippen molar-refractivity contribution in [2.24, 2.45) is 0 Å². The van der Waals surface area contributed by atoms with Gasteiger partial charge in [-0.05, 0) is 36.8 Å². The predicted octanol–water partition coefficient (Wildman–Crippen LogP) is 3.50. The van der Waals surface area contributed by atoms with Crippen LogP contribution in [0.5, 0.6) is 0 Å². The van der Waals surface area contributed by atoms with E-state index in [1.807, 2.05) is 24.4 Å².